The summed E-state index contributed by atoms with van der Waals surface area (Å²) in [4.78, 5) is 32.3. The standard InChI is InChI=1S/C21H22ClN7O2S/c22-12-8-24-20-17(16(12)26-15-11-2-1-10(7-11)14(15)18(23)30)27-19(28-20)13-9-25-21(32-13)29-3-5-31-6-4-29/h1-2,8-11,14-15H,3-7H2,(H2,23,30)(H2,24,26,27,28)/t10-,11+,14+,15-/m1/s1. The lowest BCUT2D eigenvalue weighted by Crippen LogP contribution is -2.41. The molecule has 1 aliphatic heterocycles. The van der Waals surface area contributed by atoms with Crippen molar-refractivity contribution in [1.82, 2.24) is 19.9 Å². The molecule has 3 aromatic heterocycles. The number of allylic oxidation sites excluding steroid dienone is 1. The van der Waals surface area contributed by atoms with Gasteiger partial charge in [-0.2, -0.15) is 0 Å². The van der Waals surface area contributed by atoms with Crippen LogP contribution >= 0.6 is 22.9 Å². The summed E-state index contributed by atoms with van der Waals surface area (Å²) >= 11 is 8.12. The average molecular weight is 472 g/mol. The van der Waals surface area contributed by atoms with Gasteiger partial charge in [0.25, 0.3) is 0 Å². The molecule has 4 N–H and O–H groups in total. The van der Waals surface area contributed by atoms with Crippen molar-refractivity contribution >= 4 is 50.8 Å². The molecule has 6 rings (SSSR count). The minimum Gasteiger partial charge on any atom is -0.378 e. The van der Waals surface area contributed by atoms with Gasteiger partial charge in [0, 0.05) is 19.1 Å². The van der Waals surface area contributed by atoms with E-state index in [1.54, 1.807) is 17.5 Å². The Kier molecular flexibility index (Phi) is 4.81. The lowest BCUT2D eigenvalue weighted by atomic mass is 9.88. The molecule has 1 amide bonds. The Hall–Kier alpha value is -2.69. The predicted octanol–water partition coefficient (Wildman–Crippen LogP) is 2.66. The van der Waals surface area contributed by atoms with E-state index in [1.807, 2.05) is 6.20 Å². The maximum atomic E-state index is 12.1. The third-order valence-electron chi connectivity index (χ3n) is 6.58. The molecule has 0 spiro atoms. The highest BCUT2D eigenvalue weighted by atomic mass is 35.5. The van der Waals surface area contributed by atoms with Crippen LogP contribution in [0.5, 0.6) is 0 Å². The van der Waals surface area contributed by atoms with E-state index in [0.717, 1.165) is 29.5 Å². The van der Waals surface area contributed by atoms with E-state index < -0.39 is 0 Å². The van der Waals surface area contributed by atoms with Gasteiger partial charge in [-0.1, -0.05) is 35.1 Å². The van der Waals surface area contributed by atoms with E-state index in [1.165, 1.54) is 0 Å². The van der Waals surface area contributed by atoms with Crippen molar-refractivity contribution in [3.63, 3.8) is 0 Å². The maximum Gasteiger partial charge on any atom is 0.223 e. The number of aromatic amines is 1. The third-order valence-corrected chi connectivity index (χ3v) is 7.93. The van der Waals surface area contributed by atoms with E-state index in [4.69, 9.17) is 22.1 Å². The maximum absolute atomic E-state index is 12.1. The number of nitrogens with one attached hydrogen (secondary N) is 2. The number of nitrogens with zero attached hydrogens (tertiary/aromatic N) is 4. The van der Waals surface area contributed by atoms with E-state index in [0.29, 0.717) is 40.9 Å². The van der Waals surface area contributed by atoms with Crippen LogP contribution < -0.4 is 16.0 Å². The number of thiazole rings is 1. The SMILES string of the molecule is NC(=O)[C@@H]1[C@H](Nc2c(Cl)cnc3nc(-c4cnc(N5CCOCC5)s4)[nH]c23)[C@H]2C=C[C@@H]1C2. The molecule has 166 valence electrons. The number of carbonyl (C=O) groups excluding carboxylic acids is 1. The number of H-pyrrole nitrogens is 1. The van der Waals surface area contributed by atoms with Gasteiger partial charge in [-0.3, -0.25) is 4.79 Å². The molecule has 0 radical (unpaired) electrons. The molecular formula is C21H22ClN7O2S. The molecule has 32 heavy (non-hydrogen) atoms. The van der Waals surface area contributed by atoms with Crippen molar-refractivity contribution in [2.24, 2.45) is 23.5 Å². The van der Waals surface area contributed by atoms with Gasteiger partial charge >= 0.3 is 0 Å². The molecule has 3 aromatic rings. The third kappa shape index (κ3) is 3.25. The lowest BCUT2D eigenvalue weighted by Gasteiger charge is -2.28. The molecule has 11 heteroatoms. The summed E-state index contributed by atoms with van der Waals surface area (Å²) in [6, 6.07) is -0.103. The first-order chi connectivity index (χ1) is 15.6. The fourth-order valence-electron chi connectivity index (χ4n) is 5.04. The molecule has 2 aliphatic carbocycles. The highest BCUT2D eigenvalue weighted by molar-refractivity contribution is 7.18. The largest absolute Gasteiger partial charge is 0.378 e. The van der Waals surface area contributed by atoms with Gasteiger partial charge in [0.15, 0.2) is 16.6 Å². The number of fused-ring (bicyclic) bond motifs is 3. The predicted molar refractivity (Wildman–Crippen MR) is 124 cm³/mol. The first-order valence-electron chi connectivity index (χ1n) is 10.7. The highest BCUT2D eigenvalue weighted by Crippen LogP contribution is 2.46. The minimum atomic E-state index is -0.286. The zero-order valence-electron chi connectivity index (χ0n) is 17.1. The van der Waals surface area contributed by atoms with Crippen LogP contribution in [0.4, 0.5) is 10.8 Å². The molecule has 9 nitrogen and oxygen atoms in total. The molecule has 4 heterocycles. The van der Waals surface area contributed by atoms with E-state index >= 15 is 0 Å². The van der Waals surface area contributed by atoms with Crippen molar-refractivity contribution in [2.75, 3.05) is 36.5 Å². The summed E-state index contributed by atoms with van der Waals surface area (Å²) in [6.45, 7) is 3.08. The Morgan fingerprint density at radius 2 is 2.06 bits per heavy atom. The van der Waals surface area contributed by atoms with Crippen LogP contribution in [-0.2, 0) is 9.53 Å². The quantitative estimate of drug-likeness (QED) is 0.489. The number of halogens is 1. The smallest absolute Gasteiger partial charge is 0.223 e. The number of pyridine rings is 1. The summed E-state index contributed by atoms with van der Waals surface area (Å²) in [5.74, 6) is 0.570. The number of aromatic nitrogens is 4. The van der Waals surface area contributed by atoms with Crippen molar-refractivity contribution in [3.8, 4) is 10.7 Å². The van der Waals surface area contributed by atoms with Crippen molar-refractivity contribution in [1.29, 1.82) is 0 Å². The molecule has 1 saturated heterocycles. The van der Waals surface area contributed by atoms with Gasteiger partial charge < -0.3 is 25.7 Å². The van der Waals surface area contributed by atoms with Crippen molar-refractivity contribution in [2.45, 2.75) is 12.5 Å². The second-order valence-corrected chi connectivity index (χ2v) is 9.83. The van der Waals surface area contributed by atoms with E-state index in [-0.39, 0.29) is 29.7 Å². The van der Waals surface area contributed by atoms with Gasteiger partial charge in [0.1, 0.15) is 5.52 Å². The minimum absolute atomic E-state index is 0.103. The molecule has 1 saturated carbocycles. The molecular weight excluding hydrogens is 450 g/mol. The number of morpholine rings is 1. The monoisotopic (exact) mass is 471 g/mol. The van der Waals surface area contributed by atoms with Crippen LogP contribution in [0.25, 0.3) is 21.9 Å². The van der Waals surface area contributed by atoms with Gasteiger partial charge in [0.2, 0.25) is 5.91 Å². The lowest BCUT2D eigenvalue weighted by molar-refractivity contribution is -0.122. The molecule has 2 bridgehead atoms. The molecule has 2 fully saturated rings. The Morgan fingerprint density at radius 3 is 2.88 bits per heavy atom. The topological polar surface area (TPSA) is 122 Å². The Morgan fingerprint density at radius 1 is 1.25 bits per heavy atom. The van der Waals surface area contributed by atoms with Crippen molar-refractivity contribution in [3.05, 3.63) is 29.6 Å². The molecule has 4 atom stereocenters. The number of carbonyl (C=O) groups is 1. The summed E-state index contributed by atoms with van der Waals surface area (Å²) in [7, 11) is 0. The van der Waals surface area contributed by atoms with Crippen LogP contribution in [0.3, 0.4) is 0 Å². The summed E-state index contributed by atoms with van der Waals surface area (Å²) in [5, 5.41) is 4.93. The summed E-state index contributed by atoms with van der Waals surface area (Å²) < 4.78 is 5.43. The zero-order chi connectivity index (χ0) is 21.8. The summed E-state index contributed by atoms with van der Waals surface area (Å²) in [5.41, 5.74) is 7.70. The van der Waals surface area contributed by atoms with Crippen LogP contribution in [0.15, 0.2) is 24.5 Å². The van der Waals surface area contributed by atoms with Gasteiger partial charge in [-0.25, -0.2) is 15.0 Å². The van der Waals surface area contributed by atoms with E-state index in [9.17, 15) is 4.79 Å². The molecule has 0 aromatic carbocycles. The number of ether oxygens (including phenoxy) is 1. The van der Waals surface area contributed by atoms with Gasteiger partial charge in [-0.05, 0) is 18.3 Å². The first kappa shape index (κ1) is 20.0. The molecule has 0 unspecified atom stereocenters. The van der Waals surface area contributed by atoms with Gasteiger partial charge in [0.05, 0.1) is 47.1 Å². The van der Waals surface area contributed by atoms with Crippen LogP contribution in [0.1, 0.15) is 6.42 Å². The number of rotatable bonds is 5. The van der Waals surface area contributed by atoms with Crippen molar-refractivity contribution < 1.29 is 9.53 Å². The number of hydrogen-bond donors (Lipinski definition) is 3. The zero-order valence-corrected chi connectivity index (χ0v) is 18.7. The number of hydrogen-bond acceptors (Lipinski definition) is 8. The first-order valence-corrected chi connectivity index (χ1v) is 11.8. The van der Waals surface area contributed by atoms with E-state index in [2.05, 4.69) is 42.3 Å². The normalized spacial score (nSPS) is 26.8. The van der Waals surface area contributed by atoms with Crippen LogP contribution in [0.2, 0.25) is 5.02 Å². The molecule has 3 aliphatic rings. The number of nitrogens with two attached hydrogens (primary N) is 1. The fourth-order valence-corrected chi connectivity index (χ4v) is 6.15. The second kappa shape index (κ2) is 7.72. The summed E-state index contributed by atoms with van der Waals surface area (Å²) in [6.07, 6.45) is 8.61. The number of imidazole rings is 1. The number of amides is 1. The van der Waals surface area contributed by atoms with Crippen LogP contribution in [0, 0.1) is 17.8 Å². The Bertz CT molecular complexity index is 1220. The van der Waals surface area contributed by atoms with Crippen LogP contribution in [-0.4, -0.2) is 58.2 Å². The van der Waals surface area contributed by atoms with Gasteiger partial charge in [-0.15, -0.1) is 0 Å². The Balaban J connectivity index is 1.33. The number of primary amides is 1. The second-order valence-electron chi connectivity index (χ2n) is 8.42. The Labute approximate surface area is 193 Å². The highest BCUT2D eigenvalue weighted by Gasteiger charge is 2.47. The number of anilines is 2. The average Bonchev–Trinajstić information content (AvgIpc) is 3.58. The fraction of sp³-hybridized carbons (Fsp3) is 0.429.